The Kier molecular flexibility index (Phi) is 3.42. The fraction of sp³-hybridized carbons (Fsp3) is 0.667. The Labute approximate surface area is 117 Å². The number of nitrogens with one attached hydrogen (secondary N) is 1. The van der Waals surface area contributed by atoms with Crippen LogP contribution in [0.2, 0.25) is 0 Å². The zero-order valence-corrected chi connectivity index (χ0v) is 12.5. The highest BCUT2D eigenvalue weighted by atomic mass is 15.0. The van der Waals surface area contributed by atoms with Gasteiger partial charge in [-0.25, -0.2) is 0 Å². The molecule has 0 saturated heterocycles. The highest BCUT2D eigenvalue weighted by molar-refractivity contribution is 5.27. The normalized spacial score (nSPS) is 37.0. The molecule has 0 amide bonds. The van der Waals surface area contributed by atoms with Gasteiger partial charge >= 0.3 is 0 Å². The van der Waals surface area contributed by atoms with Gasteiger partial charge in [0.2, 0.25) is 0 Å². The molecule has 4 unspecified atom stereocenters. The molecule has 2 aliphatic rings. The molecule has 0 radical (unpaired) electrons. The predicted octanol–water partition coefficient (Wildman–Crippen LogP) is 4.35. The van der Waals surface area contributed by atoms with E-state index >= 15 is 0 Å². The molecule has 1 aromatic rings. The van der Waals surface area contributed by atoms with Crippen molar-refractivity contribution >= 4 is 0 Å². The first-order valence-electron chi connectivity index (χ1n) is 7.86. The lowest BCUT2D eigenvalue weighted by atomic mass is 9.70. The second kappa shape index (κ2) is 4.94. The summed E-state index contributed by atoms with van der Waals surface area (Å²) in [5, 5.41) is 3.93. The summed E-state index contributed by atoms with van der Waals surface area (Å²) in [6.07, 6.45) is 5.42. The molecule has 0 aromatic heterocycles. The quantitative estimate of drug-likeness (QED) is 0.849. The van der Waals surface area contributed by atoms with Crippen LogP contribution in [0.3, 0.4) is 0 Å². The van der Waals surface area contributed by atoms with Gasteiger partial charge in [0.15, 0.2) is 0 Å². The molecule has 0 aliphatic heterocycles. The van der Waals surface area contributed by atoms with Crippen molar-refractivity contribution in [3.63, 3.8) is 0 Å². The molecule has 1 nitrogen and oxygen atoms in total. The molecular formula is C18H27N. The van der Waals surface area contributed by atoms with Gasteiger partial charge in [-0.05, 0) is 42.6 Å². The van der Waals surface area contributed by atoms with E-state index in [2.05, 4.69) is 56.4 Å². The maximum atomic E-state index is 3.93. The maximum absolute atomic E-state index is 3.93. The Balaban J connectivity index is 1.54. The first-order chi connectivity index (χ1) is 9.05. The average Bonchev–Trinajstić information content (AvgIpc) is 3.13. The van der Waals surface area contributed by atoms with Crippen LogP contribution in [0.5, 0.6) is 0 Å². The van der Waals surface area contributed by atoms with Gasteiger partial charge in [0, 0.05) is 18.0 Å². The summed E-state index contributed by atoms with van der Waals surface area (Å²) < 4.78 is 0. The van der Waals surface area contributed by atoms with Crippen LogP contribution in [-0.4, -0.2) is 12.1 Å². The molecule has 1 N–H and O–H groups in total. The van der Waals surface area contributed by atoms with Gasteiger partial charge in [-0.3, -0.25) is 0 Å². The Morgan fingerprint density at radius 2 is 1.84 bits per heavy atom. The number of hydrogen-bond acceptors (Lipinski definition) is 1. The molecule has 0 heterocycles. The summed E-state index contributed by atoms with van der Waals surface area (Å²) in [4.78, 5) is 0. The molecule has 104 valence electrons. The second-order valence-electron chi connectivity index (χ2n) is 7.52. The Morgan fingerprint density at radius 3 is 2.53 bits per heavy atom. The lowest BCUT2D eigenvalue weighted by molar-refractivity contribution is 0.148. The Hall–Kier alpha value is -0.820. The van der Waals surface area contributed by atoms with Crippen molar-refractivity contribution in [2.24, 2.45) is 11.3 Å². The molecule has 1 aromatic carbocycles. The predicted molar refractivity (Wildman–Crippen MR) is 81.3 cm³/mol. The van der Waals surface area contributed by atoms with Gasteiger partial charge in [0.25, 0.3) is 0 Å². The minimum Gasteiger partial charge on any atom is -0.310 e. The van der Waals surface area contributed by atoms with E-state index in [-0.39, 0.29) is 0 Å². The molecule has 0 bridgehead atoms. The van der Waals surface area contributed by atoms with Gasteiger partial charge in [-0.15, -0.1) is 0 Å². The number of hydrogen-bond donors (Lipinski definition) is 1. The van der Waals surface area contributed by atoms with Crippen LogP contribution in [-0.2, 0) is 0 Å². The van der Waals surface area contributed by atoms with Gasteiger partial charge in [-0.2, -0.15) is 0 Å². The van der Waals surface area contributed by atoms with E-state index in [9.17, 15) is 0 Å². The van der Waals surface area contributed by atoms with Crippen molar-refractivity contribution in [1.82, 2.24) is 5.32 Å². The largest absolute Gasteiger partial charge is 0.310 e. The van der Waals surface area contributed by atoms with Crippen molar-refractivity contribution < 1.29 is 0 Å². The van der Waals surface area contributed by atoms with E-state index in [0.29, 0.717) is 5.41 Å². The third-order valence-corrected chi connectivity index (χ3v) is 5.14. The van der Waals surface area contributed by atoms with E-state index in [1.54, 1.807) is 0 Å². The summed E-state index contributed by atoms with van der Waals surface area (Å²) in [5.74, 6) is 1.59. The van der Waals surface area contributed by atoms with Gasteiger partial charge in [0.1, 0.15) is 0 Å². The van der Waals surface area contributed by atoms with Crippen molar-refractivity contribution in [2.75, 3.05) is 0 Å². The monoisotopic (exact) mass is 257 g/mol. The van der Waals surface area contributed by atoms with E-state index < -0.39 is 0 Å². The summed E-state index contributed by atoms with van der Waals surface area (Å²) in [6.45, 7) is 7.27. The maximum Gasteiger partial charge on any atom is 0.0145 e. The molecule has 0 spiro atoms. The van der Waals surface area contributed by atoms with Crippen molar-refractivity contribution in [1.29, 1.82) is 0 Å². The summed E-state index contributed by atoms with van der Waals surface area (Å²) in [7, 11) is 0. The first-order valence-corrected chi connectivity index (χ1v) is 7.86. The topological polar surface area (TPSA) is 12.0 Å². The van der Waals surface area contributed by atoms with Crippen LogP contribution < -0.4 is 5.32 Å². The lowest BCUT2D eigenvalue weighted by Gasteiger charge is -2.39. The van der Waals surface area contributed by atoms with Gasteiger partial charge < -0.3 is 5.32 Å². The van der Waals surface area contributed by atoms with Crippen LogP contribution in [0.15, 0.2) is 30.3 Å². The highest BCUT2D eigenvalue weighted by Gasteiger charge is 2.41. The van der Waals surface area contributed by atoms with Crippen LogP contribution in [0.25, 0.3) is 0 Å². The molecule has 2 aliphatic carbocycles. The van der Waals surface area contributed by atoms with Gasteiger partial charge in [0.05, 0.1) is 0 Å². The third-order valence-electron chi connectivity index (χ3n) is 5.14. The molecule has 19 heavy (non-hydrogen) atoms. The van der Waals surface area contributed by atoms with Crippen molar-refractivity contribution in [3.8, 4) is 0 Å². The molecule has 3 rings (SSSR count). The molecule has 2 fully saturated rings. The van der Waals surface area contributed by atoms with Crippen LogP contribution in [0, 0.1) is 11.3 Å². The van der Waals surface area contributed by atoms with E-state index in [1.807, 2.05) is 0 Å². The summed E-state index contributed by atoms with van der Waals surface area (Å²) >= 11 is 0. The summed E-state index contributed by atoms with van der Waals surface area (Å²) in [6, 6.07) is 12.5. The fourth-order valence-corrected chi connectivity index (χ4v) is 3.92. The SMILES string of the molecule is CC1CC(C)(C)CCC1NC1CC1c1ccccc1. The van der Waals surface area contributed by atoms with Crippen molar-refractivity contribution in [2.45, 2.75) is 64.5 Å². The van der Waals surface area contributed by atoms with Gasteiger partial charge in [-0.1, -0.05) is 51.1 Å². The zero-order valence-electron chi connectivity index (χ0n) is 12.5. The van der Waals surface area contributed by atoms with E-state index in [0.717, 1.165) is 23.9 Å². The highest BCUT2D eigenvalue weighted by Crippen LogP contribution is 2.44. The minimum absolute atomic E-state index is 0.556. The average molecular weight is 257 g/mol. The van der Waals surface area contributed by atoms with E-state index in [4.69, 9.17) is 0 Å². The standard InChI is InChI=1S/C18H27N/c1-13-12-18(2,3)10-9-16(13)19-17-11-15(17)14-7-5-4-6-8-14/h4-8,13,15-17,19H,9-12H2,1-3H3. The minimum atomic E-state index is 0.556. The summed E-state index contributed by atoms with van der Waals surface area (Å²) in [5.41, 5.74) is 2.07. The van der Waals surface area contributed by atoms with Crippen LogP contribution >= 0.6 is 0 Å². The van der Waals surface area contributed by atoms with Crippen LogP contribution in [0.1, 0.15) is 57.9 Å². The van der Waals surface area contributed by atoms with E-state index in [1.165, 1.54) is 31.2 Å². The molecular weight excluding hydrogens is 230 g/mol. The third kappa shape index (κ3) is 3.02. The fourth-order valence-electron chi connectivity index (χ4n) is 3.92. The zero-order chi connectivity index (χ0) is 13.5. The number of rotatable bonds is 3. The van der Waals surface area contributed by atoms with Crippen LogP contribution in [0.4, 0.5) is 0 Å². The first kappa shape index (κ1) is 13.2. The number of benzene rings is 1. The van der Waals surface area contributed by atoms with Crippen molar-refractivity contribution in [3.05, 3.63) is 35.9 Å². The lowest BCUT2D eigenvalue weighted by Crippen LogP contribution is -2.43. The smallest absolute Gasteiger partial charge is 0.0145 e. The molecule has 4 atom stereocenters. The molecule has 2 saturated carbocycles. The Bertz CT molecular complexity index is 423. The molecule has 1 heteroatoms. The Morgan fingerprint density at radius 1 is 1.11 bits per heavy atom. The second-order valence-corrected chi connectivity index (χ2v) is 7.52.